The fourth-order valence-electron chi connectivity index (χ4n) is 4.62. The van der Waals surface area contributed by atoms with Crippen LogP contribution in [0.5, 0.6) is 5.75 Å². The van der Waals surface area contributed by atoms with Gasteiger partial charge >= 0.3 is 0 Å². The van der Waals surface area contributed by atoms with Crippen molar-refractivity contribution in [2.24, 2.45) is 22.4 Å². The van der Waals surface area contributed by atoms with Crippen LogP contribution >= 0.6 is 56.8 Å². The molecular weight excluding hydrogens is 626 g/mol. The Balaban J connectivity index is 1.36. The maximum Gasteiger partial charge on any atom is 0.244 e. The fraction of sp³-hybridized carbons (Fsp3) is 0.391. The Morgan fingerprint density at radius 3 is 2.60 bits per heavy atom. The lowest BCUT2D eigenvalue weighted by Crippen LogP contribution is -2.22. The number of carbonyl (C=O) groups is 1. The van der Waals surface area contributed by atoms with E-state index >= 15 is 0 Å². The molecule has 1 N–H and O–H groups in total. The van der Waals surface area contributed by atoms with Gasteiger partial charge in [0, 0.05) is 10.9 Å². The van der Waals surface area contributed by atoms with E-state index in [-0.39, 0.29) is 17.2 Å². The molecule has 30 heavy (non-hydrogen) atoms. The van der Waals surface area contributed by atoms with Gasteiger partial charge in [-0.25, -0.2) is 5.43 Å². The van der Waals surface area contributed by atoms with E-state index in [9.17, 15) is 4.79 Å². The number of ether oxygens (including phenoxy) is 1. The molecule has 0 unspecified atom stereocenters. The van der Waals surface area contributed by atoms with Crippen LogP contribution in [0, 0.1) is 24.4 Å². The van der Waals surface area contributed by atoms with Crippen LogP contribution in [-0.4, -0.2) is 12.1 Å². The molecule has 4 rings (SSSR count). The van der Waals surface area contributed by atoms with E-state index in [1.54, 1.807) is 6.21 Å². The van der Waals surface area contributed by atoms with Gasteiger partial charge in [0.2, 0.25) is 5.91 Å². The zero-order chi connectivity index (χ0) is 21.3. The Morgan fingerprint density at radius 1 is 1.27 bits per heavy atom. The van der Waals surface area contributed by atoms with Crippen molar-refractivity contribution in [1.82, 2.24) is 5.43 Å². The van der Waals surface area contributed by atoms with Crippen LogP contribution in [0.25, 0.3) is 0 Å². The van der Waals surface area contributed by atoms with Gasteiger partial charge in [-0.3, -0.25) is 4.79 Å². The number of carbonyl (C=O) groups excluding carboxylic acids is 1. The summed E-state index contributed by atoms with van der Waals surface area (Å²) in [6.07, 6.45) is 6.53. The van der Waals surface area contributed by atoms with E-state index in [1.807, 2.05) is 36.4 Å². The van der Waals surface area contributed by atoms with Crippen molar-refractivity contribution >= 4 is 68.9 Å². The third kappa shape index (κ3) is 4.80. The second kappa shape index (κ2) is 9.32. The standard InChI is InChI=1S/C23H23ClI2N2O2/c1-23-9-3-2-4-17(23)20(23)22(29)28-27-12-15-10-18(25)21(19(26)11-15)30-13-14-5-7-16(24)8-6-14/h5-8,10-12,17,20H,2-4,9,13H2,1H3,(H,28,29)/b27-12-/t17-,20+,23-/m0/s1. The molecule has 1 amide bonds. The molecule has 3 atom stereocenters. The zero-order valence-corrected chi connectivity index (χ0v) is 21.7. The van der Waals surface area contributed by atoms with Crippen LogP contribution in [0.15, 0.2) is 41.5 Å². The highest BCUT2D eigenvalue weighted by molar-refractivity contribution is 14.1. The third-order valence-corrected chi connectivity index (χ3v) is 8.17. The minimum absolute atomic E-state index is 0.0629. The van der Waals surface area contributed by atoms with E-state index in [0.717, 1.165) is 30.4 Å². The molecule has 2 aromatic carbocycles. The molecule has 2 aliphatic rings. The molecule has 0 heterocycles. The highest BCUT2D eigenvalue weighted by Gasteiger charge is 2.64. The number of halogens is 3. The topological polar surface area (TPSA) is 50.7 Å². The largest absolute Gasteiger partial charge is 0.487 e. The van der Waals surface area contributed by atoms with Gasteiger partial charge in [0.15, 0.2) is 0 Å². The SMILES string of the molecule is C[C@]12CCCC[C@H]1[C@@H]2C(=O)N/N=C\c1cc(I)c(OCc2ccc(Cl)cc2)c(I)c1. The first-order valence-electron chi connectivity index (χ1n) is 10.1. The molecule has 2 aliphatic carbocycles. The number of nitrogens with one attached hydrogen (secondary N) is 1. The van der Waals surface area contributed by atoms with Crippen LogP contribution in [0.1, 0.15) is 43.7 Å². The minimum Gasteiger partial charge on any atom is -0.487 e. The maximum absolute atomic E-state index is 12.5. The van der Waals surface area contributed by atoms with Gasteiger partial charge in [0.25, 0.3) is 0 Å². The molecular formula is C23H23ClI2N2O2. The van der Waals surface area contributed by atoms with Crippen LogP contribution in [0.4, 0.5) is 0 Å². The summed E-state index contributed by atoms with van der Waals surface area (Å²) in [5.74, 6) is 1.58. The molecule has 0 saturated heterocycles. The van der Waals surface area contributed by atoms with Crippen LogP contribution in [-0.2, 0) is 11.4 Å². The third-order valence-electron chi connectivity index (χ3n) is 6.32. The lowest BCUT2D eigenvalue weighted by molar-refractivity contribution is -0.123. The molecule has 4 nitrogen and oxygen atoms in total. The van der Waals surface area contributed by atoms with E-state index in [0.29, 0.717) is 17.5 Å². The number of nitrogens with zero attached hydrogens (tertiary/aromatic N) is 1. The normalized spacial score (nSPS) is 25.1. The molecule has 2 aromatic rings. The summed E-state index contributed by atoms with van der Waals surface area (Å²) in [4.78, 5) is 12.5. The summed E-state index contributed by atoms with van der Waals surface area (Å²) >= 11 is 10.5. The number of hydrogen-bond donors (Lipinski definition) is 1. The van der Waals surface area contributed by atoms with E-state index < -0.39 is 0 Å². The lowest BCUT2D eigenvalue weighted by atomic mass is 9.90. The van der Waals surface area contributed by atoms with Gasteiger partial charge < -0.3 is 4.74 Å². The van der Waals surface area contributed by atoms with Crippen molar-refractivity contribution in [3.63, 3.8) is 0 Å². The molecule has 0 bridgehead atoms. The molecule has 0 spiro atoms. The van der Waals surface area contributed by atoms with Crippen molar-refractivity contribution in [2.45, 2.75) is 39.2 Å². The van der Waals surface area contributed by atoms with Crippen LogP contribution in [0.2, 0.25) is 5.02 Å². The Morgan fingerprint density at radius 2 is 1.97 bits per heavy atom. The Labute approximate surface area is 209 Å². The number of amides is 1. The summed E-state index contributed by atoms with van der Waals surface area (Å²) in [5, 5.41) is 4.94. The lowest BCUT2D eigenvalue weighted by Gasteiger charge is -2.15. The highest BCUT2D eigenvalue weighted by Crippen LogP contribution is 2.66. The molecule has 2 fully saturated rings. The maximum atomic E-state index is 12.5. The Bertz CT molecular complexity index is 957. The van der Waals surface area contributed by atoms with E-state index in [2.05, 4.69) is 62.6 Å². The second-order valence-electron chi connectivity index (χ2n) is 8.30. The van der Waals surface area contributed by atoms with Gasteiger partial charge in [-0.2, -0.15) is 5.10 Å². The summed E-state index contributed by atoms with van der Waals surface area (Å²) in [5.41, 5.74) is 4.96. The predicted octanol–water partition coefficient (Wildman–Crippen LogP) is 6.40. The Kier molecular flexibility index (Phi) is 6.94. The van der Waals surface area contributed by atoms with Crippen molar-refractivity contribution < 1.29 is 9.53 Å². The number of hydrazone groups is 1. The van der Waals surface area contributed by atoms with Crippen molar-refractivity contribution in [3.05, 3.63) is 59.7 Å². The van der Waals surface area contributed by atoms with Crippen LogP contribution in [0.3, 0.4) is 0 Å². The molecule has 7 heteroatoms. The molecule has 2 saturated carbocycles. The average molecular weight is 649 g/mol. The monoisotopic (exact) mass is 648 g/mol. The summed E-state index contributed by atoms with van der Waals surface area (Å²) in [6, 6.07) is 11.7. The highest BCUT2D eigenvalue weighted by atomic mass is 127. The summed E-state index contributed by atoms with van der Waals surface area (Å²) < 4.78 is 8.03. The number of fused-ring (bicyclic) bond motifs is 1. The van der Waals surface area contributed by atoms with Crippen molar-refractivity contribution in [2.75, 3.05) is 0 Å². The van der Waals surface area contributed by atoms with Gasteiger partial charge in [0.1, 0.15) is 12.4 Å². The predicted molar refractivity (Wildman–Crippen MR) is 137 cm³/mol. The van der Waals surface area contributed by atoms with Gasteiger partial charge in [-0.05, 0) is 105 Å². The van der Waals surface area contributed by atoms with Gasteiger partial charge in [0.05, 0.1) is 13.4 Å². The first kappa shape index (κ1) is 22.3. The smallest absolute Gasteiger partial charge is 0.244 e. The van der Waals surface area contributed by atoms with Crippen molar-refractivity contribution in [1.29, 1.82) is 0 Å². The minimum atomic E-state index is 0.0629. The second-order valence-corrected chi connectivity index (χ2v) is 11.1. The molecule has 0 aliphatic heterocycles. The number of hydrogen-bond acceptors (Lipinski definition) is 3. The first-order chi connectivity index (χ1) is 14.4. The van der Waals surface area contributed by atoms with Gasteiger partial charge in [-0.15, -0.1) is 0 Å². The van der Waals surface area contributed by atoms with E-state index in [1.165, 1.54) is 19.3 Å². The van der Waals surface area contributed by atoms with E-state index in [4.69, 9.17) is 16.3 Å². The molecule has 0 aromatic heterocycles. The summed E-state index contributed by atoms with van der Waals surface area (Å²) in [6.45, 7) is 2.73. The molecule has 0 radical (unpaired) electrons. The van der Waals surface area contributed by atoms with Gasteiger partial charge in [-0.1, -0.05) is 43.5 Å². The summed E-state index contributed by atoms with van der Waals surface area (Å²) in [7, 11) is 0. The Hall–Kier alpha value is -0.870. The number of benzene rings is 2. The number of rotatable bonds is 6. The van der Waals surface area contributed by atoms with Crippen molar-refractivity contribution in [3.8, 4) is 5.75 Å². The quantitative estimate of drug-likeness (QED) is 0.224. The van der Waals surface area contributed by atoms with Crippen LogP contribution < -0.4 is 10.2 Å². The average Bonchev–Trinajstić information content (AvgIpc) is 3.34. The molecule has 158 valence electrons. The first-order valence-corrected chi connectivity index (χ1v) is 12.6. The fourth-order valence-corrected chi connectivity index (χ4v) is 6.87. The zero-order valence-electron chi connectivity index (χ0n) is 16.6.